The van der Waals surface area contributed by atoms with Gasteiger partial charge in [-0.05, 0) is 27.7 Å². The predicted octanol–water partition coefficient (Wildman–Crippen LogP) is -0.388. The number of likely N-dealkylation sites (N-methyl/N-ethyl adjacent to an activating group) is 1. The molecule has 0 bridgehead atoms. The molecule has 5 nitrogen and oxygen atoms in total. The molecule has 5 heteroatoms. The predicted molar refractivity (Wildman–Crippen MR) is 59.1 cm³/mol. The zero-order valence-corrected chi connectivity index (χ0v) is 10.1. The maximum atomic E-state index is 11.8. The number of carbonyl (C=O) groups excluding carboxylic acids is 2. The van der Waals surface area contributed by atoms with Gasteiger partial charge in [-0.15, -0.1) is 0 Å². The lowest BCUT2D eigenvalue weighted by Crippen LogP contribution is -2.56. The highest BCUT2D eigenvalue weighted by molar-refractivity contribution is 5.88. The van der Waals surface area contributed by atoms with Crippen molar-refractivity contribution in [2.75, 3.05) is 13.6 Å². The Morgan fingerprint density at radius 1 is 1.20 bits per heavy atom. The quantitative estimate of drug-likeness (QED) is 0.597. The number of nitrogens with two attached hydrogens (primary N) is 1. The fourth-order valence-corrected chi connectivity index (χ4v) is 0.763. The van der Waals surface area contributed by atoms with Crippen LogP contribution in [-0.2, 0) is 9.59 Å². The van der Waals surface area contributed by atoms with E-state index in [2.05, 4.69) is 10.6 Å². The van der Waals surface area contributed by atoms with Gasteiger partial charge in [-0.25, -0.2) is 0 Å². The first kappa shape index (κ1) is 13.9. The highest BCUT2D eigenvalue weighted by atomic mass is 16.2. The van der Waals surface area contributed by atoms with Crippen molar-refractivity contribution in [2.45, 2.75) is 33.2 Å². The lowest BCUT2D eigenvalue weighted by molar-refractivity contribution is -0.134. The molecule has 88 valence electrons. The zero-order chi connectivity index (χ0) is 12.3. The molecule has 0 spiro atoms. The first-order valence-electron chi connectivity index (χ1n) is 4.90. The molecule has 0 aliphatic rings. The van der Waals surface area contributed by atoms with Gasteiger partial charge in [0.2, 0.25) is 11.8 Å². The van der Waals surface area contributed by atoms with Crippen molar-refractivity contribution in [1.29, 1.82) is 0 Å². The second kappa shape index (κ2) is 4.61. The molecule has 0 aliphatic carbocycles. The Kier molecular flexibility index (Phi) is 4.27. The van der Waals surface area contributed by atoms with E-state index in [9.17, 15) is 9.59 Å². The number of hydrogen-bond acceptors (Lipinski definition) is 3. The van der Waals surface area contributed by atoms with Gasteiger partial charge in [-0.2, -0.15) is 0 Å². The van der Waals surface area contributed by atoms with Crippen LogP contribution in [0.4, 0.5) is 0 Å². The lowest BCUT2D eigenvalue weighted by atomic mass is 9.74. The summed E-state index contributed by atoms with van der Waals surface area (Å²) in [6.45, 7) is 7.06. The SMILES string of the molecule is CNC(=O)CNC(=O)C(C)(C)C(C)(C)N. The summed E-state index contributed by atoms with van der Waals surface area (Å²) in [5, 5.41) is 4.97. The van der Waals surface area contributed by atoms with Crippen LogP contribution in [0, 0.1) is 5.41 Å². The van der Waals surface area contributed by atoms with E-state index < -0.39 is 11.0 Å². The molecule has 0 heterocycles. The van der Waals surface area contributed by atoms with Crippen molar-refractivity contribution < 1.29 is 9.59 Å². The van der Waals surface area contributed by atoms with E-state index in [0.29, 0.717) is 0 Å². The average Bonchev–Trinajstić information content (AvgIpc) is 2.11. The summed E-state index contributed by atoms with van der Waals surface area (Å²) in [6.07, 6.45) is 0. The van der Waals surface area contributed by atoms with Gasteiger partial charge in [0, 0.05) is 12.6 Å². The van der Waals surface area contributed by atoms with Crippen LogP contribution in [0.1, 0.15) is 27.7 Å². The first-order valence-corrected chi connectivity index (χ1v) is 4.90. The van der Waals surface area contributed by atoms with E-state index in [1.54, 1.807) is 27.7 Å². The fourth-order valence-electron chi connectivity index (χ4n) is 0.763. The molecule has 2 amide bonds. The smallest absolute Gasteiger partial charge is 0.239 e. The second-order valence-corrected chi connectivity index (χ2v) is 4.70. The van der Waals surface area contributed by atoms with E-state index in [0.717, 1.165) is 0 Å². The summed E-state index contributed by atoms with van der Waals surface area (Å²) >= 11 is 0. The second-order valence-electron chi connectivity index (χ2n) is 4.70. The molecule has 0 fully saturated rings. The van der Waals surface area contributed by atoms with Crippen LogP contribution in [0.15, 0.2) is 0 Å². The summed E-state index contributed by atoms with van der Waals surface area (Å²) in [5.41, 5.74) is 4.53. The molecule has 0 saturated carbocycles. The topological polar surface area (TPSA) is 84.2 Å². The number of hydrogen-bond donors (Lipinski definition) is 3. The van der Waals surface area contributed by atoms with Crippen molar-refractivity contribution in [1.82, 2.24) is 10.6 Å². The maximum Gasteiger partial charge on any atom is 0.239 e. The van der Waals surface area contributed by atoms with E-state index in [4.69, 9.17) is 5.73 Å². The Morgan fingerprint density at radius 3 is 2.00 bits per heavy atom. The van der Waals surface area contributed by atoms with Crippen molar-refractivity contribution >= 4 is 11.8 Å². The Hall–Kier alpha value is -1.10. The molecule has 0 saturated heterocycles. The van der Waals surface area contributed by atoms with Crippen molar-refractivity contribution in [3.05, 3.63) is 0 Å². The molecule has 0 aromatic carbocycles. The Balaban J connectivity index is 4.40. The minimum absolute atomic E-state index is 0.0190. The van der Waals surface area contributed by atoms with E-state index >= 15 is 0 Å². The molecule has 0 unspecified atom stereocenters. The largest absolute Gasteiger partial charge is 0.358 e. The Bertz CT molecular complexity index is 254. The summed E-state index contributed by atoms with van der Waals surface area (Å²) in [7, 11) is 1.52. The molecule has 0 atom stereocenters. The monoisotopic (exact) mass is 215 g/mol. The molecule has 0 rings (SSSR count). The lowest BCUT2D eigenvalue weighted by Gasteiger charge is -2.36. The van der Waals surface area contributed by atoms with Crippen LogP contribution >= 0.6 is 0 Å². The third-order valence-electron chi connectivity index (χ3n) is 2.87. The molecule has 15 heavy (non-hydrogen) atoms. The van der Waals surface area contributed by atoms with E-state index in [-0.39, 0.29) is 18.4 Å². The minimum atomic E-state index is -0.721. The van der Waals surface area contributed by atoms with Crippen LogP contribution in [0.25, 0.3) is 0 Å². The van der Waals surface area contributed by atoms with E-state index in [1.807, 2.05) is 0 Å². The molecule has 0 radical (unpaired) electrons. The summed E-state index contributed by atoms with van der Waals surface area (Å²) in [5.74, 6) is -0.451. The molecular weight excluding hydrogens is 194 g/mol. The molecule has 4 N–H and O–H groups in total. The molecule has 0 aromatic heterocycles. The van der Waals surface area contributed by atoms with Gasteiger partial charge >= 0.3 is 0 Å². The third-order valence-corrected chi connectivity index (χ3v) is 2.87. The van der Waals surface area contributed by atoms with Gasteiger partial charge < -0.3 is 16.4 Å². The standard InChI is InChI=1S/C10H21N3O2/c1-9(2,10(3,4)11)8(15)13-6-7(14)12-5/h6,11H2,1-5H3,(H,12,14)(H,13,15). The van der Waals surface area contributed by atoms with Gasteiger partial charge in [-0.1, -0.05) is 0 Å². The average molecular weight is 215 g/mol. The van der Waals surface area contributed by atoms with Crippen molar-refractivity contribution in [2.24, 2.45) is 11.1 Å². The molecule has 0 aliphatic heterocycles. The highest BCUT2D eigenvalue weighted by Crippen LogP contribution is 2.28. The van der Waals surface area contributed by atoms with Crippen LogP contribution < -0.4 is 16.4 Å². The highest BCUT2D eigenvalue weighted by Gasteiger charge is 2.40. The van der Waals surface area contributed by atoms with Gasteiger partial charge in [0.05, 0.1) is 12.0 Å². The normalized spacial score (nSPS) is 12.1. The van der Waals surface area contributed by atoms with Crippen molar-refractivity contribution in [3.63, 3.8) is 0 Å². The summed E-state index contributed by atoms with van der Waals surface area (Å²) in [4.78, 5) is 22.7. The van der Waals surface area contributed by atoms with Gasteiger partial charge in [-0.3, -0.25) is 9.59 Å². The van der Waals surface area contributed by atoms with Gasteiger partial charge in [0.1, 0.15) is 0 Å². The minimum Gasteiger partial charge on any atom is -0.358 e. The number of carbonyl (C=O) groups is 2. The fraction of sp³-hybridized carbons (Fsp3) is 0.800. The number of amides is 2. The molecule has 0 aromatic rings. The van der Waals surface area contributed by atoms with Crippen LogP contribution in [0.5, 0.6) is 0 Å². The Morgan fingerprint density at radius 2 is 1.67 bits per heavy atom. The molecular formula is C10H21N3O2. The number of rotatable bonds is 4. The first-order chi connectivity index (χ1) is 6.63. The van der Waals surface area contributed by atoms with Gasteiger partial charge in [0.15, 0.2) is 0 Å². The maximum absolute atomic E-state index is 11.8. The van der Waals surface area contributed by atoms with Crippen LogP contribution in [0.2, 0.25) is 0 Å². The summed E-state index contributed by atoms with van der Waals surface area (Å²) in [6, 6.07) is 0. The zero-order valence-electron chi connectivity index (χ0n) is 10.1. The summed E-state index contributed by atoms with van der Waals surface area (Å²) < 4.78 is 0. The van der Waals surface area contributed by atoms with Crippen LogP contribution in [0.3, 0.4) is 0 Å². The van der Waals surface area contributed by atoms with Crippen molar-refractivity contribution in [3.8, 4) is 0 Å². The van der Waals surface area contributed by atoms with E-state index in [1.165, 1.54) is 7.05 Å². The third kappa shape index (κ3) is 3.51. The Labute approximate surface area is 90.8 Å². The number of nitrogens with one attached hydrogen (secondary N) is 2. The van der Waals surface area contributed by atoms with Crippen LogP contribution in [-0.4, -0.2) is 30.9 Å². The van der Waals surface area contributed by atoms with Gasteiger partial charge in [0.25, 0.3) is 0 Å².